The van der Waals surface area contributed by atoms with Crippen LogP contribution in [0, 0.1) is 6.92 Å². The molecule has 0 unspecified atom stereocenters. The van der Waals surface area contributed by atoms with Crippen LogP contribution in [0.25, 0.3) is 0 Å². The number of hydrogen-bond donors (Lipinski definition) is 1. The zero-order valence-corrected chi connectivity index (χ0v) is 13.5. The molecule has 0 aliphatic heterocycles. The van der Waals surface area contributed by atoms with Gasteiger partial charge >= 0.3 is 0 Å². The summed E-state index contributed by atoms with van der Waals surface area (Å²) in [5.41, 5.74) is 0.890. The standard InChI is InChI=1S/C16H20ClN3O/c1-5-18-15-11(4)16(20-14(19-15)10(2)3)21-13-8-6-7-12(17)9-13/h6-10H,5H2,1-4H3,(H,18,19,20). The van der Waals surface area contributed by atoms with E-state index in [0.717, 1.165) is 23.8 Å². The van der Waals surface area contributed by atoms with Crippen LogP contribution < -0.4 is 10.1 Å². The van der Waals surface area contributed by atoms with Crippen LogP contribution in [0.3, 0.4) is 0 Å². The van der Waals surface area contributed by atoms with Crippen molar-refractivity contribution >= 4 is 17.4 Å². The molecule has 0 saturated carbocycles. The number of ether oxygens (including phenoxy) is 1. The van der Waals surface area contributed by atoms with Crippen molar-refractivity contribution in [1.29, 1.82) is 0 Å². The molecule has 1 aromatic heterocycles. The first kappa shape index (κ1) is 15.6. The molecular weight excluding hydrogens is 286 g/mol. The lowest BCUT2D eigenvalue weighted by molar-refractivity contribution is 0.453. The molecule has 0 saturated heterocycles. The number of rotatable bonds is 5. The van der Waals surface area contributed by atoms with E-state index in [2.05, 4.69) is 29.1 Å². The van der Waals surface area contributed by atoms with Crippen LogP contribution in [-0.2, 0) is 0 Å². The molecule has 5 heteroatoms. The van der Waals surface area contributed by atoms with Crippen LogP contribution in [-0.4, -0.2) is 16.5 Å². The molecular formula is C16H20ClN3O. The minimum Gasteiger partial charge on any atom is -0.438 e. The van der Waals surface area contributed by atoms with Gasteiger partial charge in [-0.1, -0.05) is 31.5 Å². The number of benzene rings is 1. The fourth-order valence-electron chi connectivity index (χ4n) is 1.85. The first-order chi connectivity index (χ1) is 10.0. The Morgan fingerprint density at radius 3 is 2.67 bits per heavy atom. The SMILES string of the molecule is CCNc1nc(C(C)C)nc(Oc2cccc(Cl)c2)c1C. The highest BCUT2D eigenvalue weighted by Crippen LogP contribution is 2.29. The van der Waals surface area contributed by atoms with Crippen molar-refractivity contribution in [3.05, 3.63) is 40.7 Å². The van der Waals surface area contributed by atoms with Crippen LogP contribution in [0.5, 0.6) is 11.6 Å². The molecule has 0 aliphatic carbocycles. The topological polar surface area (TPSA) is 47.0 Å². The molecule has 1 N–H and O–H groups in total. The van der Waals surface area contributed by atoms with E-state index in [-0.39, 0.29) is 5.92 Å². The highest BCUT2D eigenvalue weighted by Gasteiger charge is 2.14. The second kappa shape index (κ2) is 6.76. The Labute approximate surface area is 130 Å². The summed E-state index contributed by atoms with van der Waals surface area (Å²) in [7, 11) is 0. The lowest BCUT2D eigenvalue weighted by Crippen LogP contribution is -2.08. The summed E-state index contributed by atoms with van der Waals surface area (Å²) >= 11 is 5.99. The second-order valence-corrected chi connectivity index (χ2v) is 5.54. The number of aromatic nitrogens is 2. The Bertz CT molecular complexity index is 629. The van der Waals surface area contributed by atoms with Gasteiger partial charge in [-0.2, -0.15) is 4.98 Å². The Morgan fingerprint density at radius 1 is 1.29 bits per heavy atom. The number of nitrogens with one attached hydrogen (secondary N) is 1. The average Bonchev–Trinajstić information content (AvgIpc) is 2.43. The Hall–Kier alpha value is -1.81. The van der Waals surface area contributed by atoms with Crippen molar-refractivity contribution in [2.24, 2.45) is 0 Å². The predicted octanol–water partition coefficient (Wildman–Crippen LogP) is 4.79. The summed E-state index contributed by atoms with van der Waals surface area (Å²) in [5.74, 6) is 3.03. The fraction of sp³-hybridized carbons (Fsp3) is 0.375. The van der Waals surface area contributed by atoms with Crippen LogP contribution >= 0.6 is 11.6 Å². The maximum Gasteiger partial charge on any atom is 0.227 e. The maximum absolute atomic E-state index is 5.99. The molecule has 4 nitrogen and oxygen atoms in total. The Morgan fingerprint density at radius 2 is 2.05 bits per heavy atom. The zero-order valence-electron chi connectivity index (χ0n) is 12.8. The molecule has 1 heterocycles. The summed E-state index contributed by atoms with van der Waals surface area (Å²) in [4.78, 5) is 9.08. The summed E-state index contributed by atoms with van der Waals surface area (Å²) < 4.78 is 5.89. The van der Waals surface area contributed by atoms with Gasteiger partial charge in [0.05, 0.1) is 5.56 Å². The molecule has 0 amide bonds. The lowest BCUT2D eigenvalue weighted by Gasteiger charge is -2.15. The minimum atomic E-state index is 0.227. The van der Waals surface area contributed by atoms with Gasteiger partial charge in [-0.05, 0) is 32.0 Å². The van der Waals surface area contributed by atoms with Crippen molar-refractivity contribution in [2.45, 2.75) is 33.6 Å². The molecule has 0 atom stereocenters. The van der Waals surface area contributed by atoms with Gasteiger partial charge in [0.2, 0.25) is 5.88 Å². The van der Waals surface area contributed by atoms with Crippen molar-refractivity contribution in [3.8, 4) is 11.6 Å². The zero-order chi connectivity index (χ0) is 15.4. The second-order valence-electron chi connectivity index (χ2n) is 5.11. The molecule has 112 valence electrons. The van der Waals surface area contributed by atoms with Gasteiger partial charge in [0.25, 0.3) is 0 Å². The molecule has 0 aliphatic rings. The van der Waals surface area contributed by atoms with Crippen LogP contribution in [0.2, 0.25) is 5.02 Å². The molecule has 0 radical (unpaired) electrons. The third kappa shape index (κ3) is 3.85. The molecule has 2 aromatic rings. The number of anilines is 1. The highest BCUT2D eigenvalue weighted by molar-refractivity contribution is 6.30. The Balaban J connectivity index is 2.41. The first-order valence-corrected chi connectivity index (χ1v) is 7.45. The number of halogens is 1. The quantitative estimate of drug-likeness (QED) is 0.863. The summed E-state index contributed by atoms with van der Waals surface area (Å²) in [6, 6.07) is 7.29. The van der Waals surface area contributed by atoms with E-state index in [1.807, 2.05) is 32.0 Å². The lowest BCUT2D eigenvalue weighted by atomic mass is 10.2. The van der Waals surface area contributed by atoms with Gasteiger partial charge in [-0.25, -0.2) is 4.98 Å². The maximum atomic E-state index is 5.99. The summed E-state index contributed by atoms with van der Waals surface area (Å²) in [6.07, 6.45) is 0. The third-order valence-corrected chi connectivity index (χ3v) is 3.22. The molecule has 0 bridgehead atoms. The highest BCUT2D eigenvalue weighted by atomic mass is 35.5. The van der Waals surface area contributed by atoms with Crippen LogP contribution in [0.15, 0.2) is 24.3 Å². The van der Waals surface area contributed by atoms with Crippen molar-refractivity contribution < 1.29 is 4.74 Å². The van der Waals surface area contributed by atoms with E-state index in [1.165, 1.54) is 0 Å². The minimum absolute atomic E-state index is 0.227. The van der Waals surface area contributed by atoms with E-state index in [1.54, 1.807) is 6.07 Å². The van der Waals surface area contributed by atoms with Gasteiger partial charge in [0.15, 0.2) is 0 Å². The molecule has 0 fully saturated rings. The normalized spacial score (nSPS) is 10.8. The van der Waals surface area contributed by atoms with Crippen LogP contribution in [0.4, 0.5) is 5.82 Å². The molecule has 2 rings (SSSR count). The summed E-state index contributed by atoms with van der Waals surface area (Å²) in [6.45, 7) is 8.90. The van der Waals surface area contributed by atoms with Crippen LogP contribution in [0.1, 0.15) is 38.1 Å². The van der Waals surface area contributed by atoms with Gasteiger partial charge in [0.1, 0.15) is 17.4 Å². The van der Waals surface area contributed by atoms with E-state index in [0.29, 0.717) is 16.7 Å². The number of hydrogen-bond acceptors (Lipinski definition) is 4. The molecule has 0 spiro atoms. The van der Waals surface area contributed by atoms with Gasteiger partial charge < -0.3 is 10.1 Å². The van der Waals surface area contributed by atoms with Crippen molar-refractivity contribution in [2.75, 3.05) is 11.9 Å². The van der Waals surface area contributed by atoms with Gasteiger partial charge in [-0.3, -0.25) is 0 Å². The largest absolute Gasteiger partial charge is 0.438 e. The first-order valence-electron chi connectivity index (χ1n) is 7.07. The molecule has 1 aromatic carbocycles. The van der Waals surface area contributed by atoms with Gasteiger partial charge in [0, 0.05) is 17.5 Å². The van der Waals surface area contributed by atoms with E-state index in [4.69, 9.17) is 16.3 Å². The average molecular weight is 306 g/mol. The van der Waals surface area contributed by atoms with Crippen molar-refractivity contribution in [3.63, 3.8) is 0 Å². The van der Waals surface area contributed by atoms with Gasteiger partial charge in [-0.15, -0.1) is 0 Å². The summed E-state index contributed by atoms with van der Waals surface area (Å²) in [5, 5.41) is 3.89. The smallest absolute Gasteiger partial charge is 0.227 e. The predicted molar refractivity (Wildman–Crippen MR) is 86.5 cm³/mol. The van der Waals surface area contributed by atoms with E-state index < -0.39 is 0 Å². The van der Waals surface area contributed by atoms with E-state index >= 15 is 0 Å². The third-order valence-electron chi connectivity index (χ3n) is 2.99. The van der Waals surface area contributed by atoms with Crippen molar-refractivity contribution in [1.82, 2.24) is 9.97 Å². The fourth-order valence-corrected chi connectivity index (χ4v) is 2.03. The van der Waals surface area contributed by atoms with E-state index in [9.17, 15) is 0 Å². The Kier molecular flexibility index (Phi) is 5.02. The number of nitrogens with zero attached hydrogens (tertiary/aromatic N) is 2. The molecule has 21 heavy (non-hydrogen) atoms. The monoisotopic (exact) mass is 305 g/mol.